The molecule has 0 aliphatic carbocycles. The molecule has 3 rings (SSSR count). The van der Waals surface area contributed by atoms with Crippen LogP contribution in [0.1, 0.15) is 22.3 Å². The third kappa shape index (κ3) is 2.26. The minimum atomic E-state index is 0.873. The molecule has 2 heteroatoms. The zero-order valence-corrected chi connectivity index (χ0v) is 11.3. The molecule has 2 nitrogen and oxygen atoms in total. The van der Waals surface area contributed by atoms with Crippen molar-refractivity contribution in [2.24, 2.45) is 4.99 Å². The lowest BCUT2D eigenvalue weighted by Gasteiger charge is -2.18. The van der Waals surface area contributed by atoms with Crippen LogP contribution < -0.4 is 4.74 Å². The molecule has 0 aromatic heterocycles. The fraction of sp³-hybridized carbons (Fsp3) is 0.235. The van der Waals surface area contributed by atoms with Crippen molar-refractivity contribution in [3.05, 3.63) is 64.7 Å². The topological polar surface area (TPSA) is 21.6 Å². The average molecular weight is 251 g/mol. The van der Waals surface area contributed by atoms with Crippen LogP contribution in [0.5, 0.6) is 5.75 Å². The van der Waals surface area contributed by atoms with E-state index in [1.807, 2.05) is 12.1 Å². The second kappa shape index (κ2) is 4.88. The van der Waals surface area contributed by atoms with E-state index in [0.29, 0.717) is 0 Å². The molecule has 2 aromatic carbocycles. The molecule has 0 N–H and O–H groups in total. The van der Waals surface area contributed by atoms with Gasteiger partial charge in [-0.1, -0.05) is 23.8 Å². The Balaban J connectivity index is 2.03. The monoisotopic (exact) mass is 251 g/mol. The Bertz CT molecular complexity index is 626. The fourth-order valence-electron chi connectivity index (χ4n) is 2.53. The van der Waals surface area contributed by atoms with Crippen LogP contribution in [0.25, 0.3) is 0 Å². The zero-order valence-electron chi connectivity index (χ0n) is 11.3. The Kier molecular flexibility index (Phi) is 3.08. The molecule has 1 heterocycles. The van der Waals surface area contributed by atoms with Crippen molar-refractivity contribution in [3.63, 3.8) is 0 Å². The van der Waals surface area contributed by atoms with Gasteiger partial charge in [0.25, 0.3) is 0 Å². The molecule has 19 heavy (non-hydrogen) atoms. The van der Waals surface area contributed by atoms with Gasteiger partial charge in [0, 0.05) is 17.7 Å². The molecule has 0 atom stereocenters. The average Bonchev–Trinajstić information content (AvgIpc) is 2.46. The van der Waals surface area contributed by atoms with Crippen LogP contribution in [0.3, 0.4) is 0 Å². The van der Waals surface area contributed by atoms with Crippen molar-refractivity contribution in [1.82, 2.24) is 0 Å². The Labute approximate surface area is 113 Å². The summed E-state index contributed by atoms with van der Waals surface area (Å²) in [4.78, 5) is 4.70. The van der Waals surface area contributed by atoms with Gasteiger partial charge in [-0.2, -0.15) is 0 Å². The highest BCUT2D eigenvalue weighted by Crippen LogP contribution is 2.23. The predicted molar refractivity (Wildman–Crippen MR) is 78.4 cm³/mol. The van der Waals surface area contributed by atoms with E-state index in [-0.39, 0.29) is 0 Å². The number of fused-ring (bicyclic) bond motifs is 1. The number of aliphatic imine (C=N–C) groups is 1. The van der Waals surface area contributed by atoms with Crippen molar-refractivity contribution < 1.29 is 4.74 Å². The van der Waals surface area contributed by atoms with Crippen molar-refractivity contribution in [2.45, 2.75) is 13.3 Å². The van der Waals surface area contributed by atoms with Gasteiger partial charge in [0.2, 0.25) is 0 Å². The minimum absolute atomic E-state index is 0.873. The second-order valence-corrected chi connectivity index (χ2v) is 4.87. The summed E-state index contributed by atoms with van der Waals surface area (Å²) in [7, 11) is 1.69. The molecule has 1 aliphatic heterocycles. The summed E-state index contributed by atoms with van der Waals surface area (Å²) in [5.74, 6) is 0.879. The number of benzene rings is 2. The Morgan fingerprint density at radius 1 is 1.05 bits per heavy atom. The van der Waals surface area contributed by atoms with Gasteiger partial charge >= 0.3 is 0 Å². The van der Waals surface area contributed by atoms with Crippen LogP contribution in [0.4, 0.5) is 0 Å². The highest BCUT2D eigenvalue weighted by atomic mass is 16.5. The number of nitrogens with zero attached hydrogens (tertiary/aromatic N) is 1. The summed E-state index contributed by atoms with van der Waals surface area (Å²) in [6, 6.07) is 14.7. The number of hydrogen-bond donors (Lipinski definition) is 0. The first-order valence-electron chi connectivity index (χ1n) is 6.57. The molecular formula is C17H17NO. The molecule has 0 fully saturated rings. The summed E-state index contributed by atoms with van der Waals surface area (Å²) >= 11 is 0. The largest absolute Gasteiger partial charge is 0.497 e. The van der Waals surface area contributed by atoms with Gasteiger partial charge in [0.1, 0.15) is 5.75 Å². The fourth-order valence-corrected chi connectivity index (χ4v) is 2.53. The number of rotatable bonds is 2. The Morgan fingerprint density at radius 3 is 2.58 bits per heavy atom. The van der Waals surface area contributed by atoms with Crippen molar-refractivity contribution in [2.75, 3.05) is 13.7 Å². The first kappa shape index (κ1) is 12.0. The summed E-state index contributed by atoms with van der Waals surface area (Å²) in [5, 5.41) is 0. The standard InChI is InChI=1S/C17H17NO/c1-12-3-8-16-14(11-12)9-10-18-17(16)13-4-6-15(19-2)7-5-13/h3-8,11H,9-10H2,1-2H3. The Hall–Kier alpha value is -2.09. The molecule has 0 saturated carbocycles. The quantitative estimate of drug-likeness (QED) is 0.801. The summed E-state index contributed by atoms with van der Waals surface area (Å²) in [6.45, 7) is 3.01. The smallest absolute Gasteiger partial charge is 0.118 e. The second-order valence-electron chi connectivity index (χ2n) is 4.87. The molecule has 96 valence electrons. The van der Waals surface area contributed by atoms with Gasteiger partial charge < -0.3 is 4.74 Å². The van der Waals surface area contributed by atoms with Crippen LogP contribution in [-0.2, 0) is 6.42 Å². The van der Waals surface area contributed by atoms with Crippen molar-refractivity contribution >= 4 is 5.71 Å². The maximum atomic E-state index is 5.20. The first-order valence-corrected chi connectivity index (χ1v) is 6.57. The van der Waals surface area contributed by atoms with E-state index in [2.05, 4.69) is 37.3 Å². The normalized spacial score (nSPS) is 13.7. The van der Waals surface area contributed by atoms with E-state index >= 15 is 0 Å². The van der Waals surface area contributed by atoms with E-state index in [1.54, 1.807) is 7.11 Å². The number of methoxy groups -OCH3 is 1. The first-order chi connectivity index (χ1) is 9.28. The van der Waals surface area contributed by atoms with Gasteiger partial charge in [-0.05, 0) is 43.2 Å². The van der Waals surface area contributed by atoms with Crippen LogP contribution >= 0.6 is 0 Å². The molecule has 2 aromatic rings. The van der Waals surface area contributed by atoms with Crippen LogP contribution in [-0.4, -0.2) is 19.4 Å². The Morgan fingerprint density at radius 2 is 1.84 bits per heavy atom. The van der Waals surface area contributed by atoms with E-state index in [4.69, 9.17) is 9.73 Å². The predicted octanol–water partition coefficient (Wildman–Crippen LogP) is 3.40. The van der Waals surface area contributed by atoms with Gasteiger partial charge in [-0.3, -0.25) is 4.99 Å². The number of hydrogen-bond acceptors (Lipinski definition) is 2. The number of ether oxygens (including phenoxy) is 1. The van der Waals surface area contributed by atoms with Crippen LogP contribution in [0.2, 0.25) is 0 Å². The van der Waals surface area contributed by atoms with E-state index in [9.17, 15) is 0 Å². The highest BCUT2D eigenvalue weighted by Gasteiger charge is 2.15. The van der Waals surface area contributed by atoms with E-state index in [0.717, 1.165) is 30.0 Å². The molecule has 0 unspecified atom stereocenters. The van der Waals surface area contributed by atoms with Gasteiger partial charge in [-0.25, -0.2) is 0 Å². The van der Waals surface area contributed by atoms with Gasteiger partial charge in [0.15, 0.2) is 0 Å². The maximum absolute atomic E-state index is 5.20. The highest BCUT2D eigenvalue weighted by molar-refractivity contribution is 6.14. The van der Waals surface area contributed by atoms with Gasteiger partial charge in [-0.15, -0.1) is 0 Å². The zero-order chi connectivity index (χ0) is 13.2. The lowest BCUT2D eigenvalue weighted by atomic mass is 9.92. The number of aryl methyl sites for hydroxylation is 1. The third-order valence-corrected chi connectivity index (χ3v) is 3.53. The molecule has 0 radical (unpaired) electrons. The van der Waals surface area contributed by atoms with Crippen molar-refractivity contribution in [1.29, 1.82) is 0 Å². The van der Waals surface area contributed by atoms with Gasteiger partial charge in [0.05, 0.1) is 12.8 Å². The minimum Gasteiger partial charge on any atom is -0.497 e. The van der Waals surface area contributed by atoms with Crippen molar-refractivity contribution in [3.8, 4) is 5.75 Å². The SMILES string of the molecule is COc1ccc(C2=NCCc3cc(C)ccc32)cc1. The van der Waals surface area contributed by atoms with Crippen LogP contribution in [0, 0.1) is 6.92 Å². The van der Waals surface area contributed by atoms with E-state index in [1.165, 1.54) is 16.7 Å². The molecule has 0 bridgehead atoms. The third-order valence-electron chi connectivity index (χ3n) is 3.53. The summed E-state index contributed by atoms with van der Waals surface area (Å²) < 4.78 is 5.20. The molecule has 0 amide bonds. The summed E-state index contributed by atoms with van der Waals surface area (Å²) in [6.07, 6.45) is 1.04. The molecular weight excluding hydrogens is 234 g/mol. The summed E-state index contributed by atoms with van der Waals surface area (Å²) in [5.41, 5.74) is 6.24. The lowest BCUT2D eigenvalue weighted by Crippen LogP contribution is -2.14. The molecule has 0 spiro atoms. The molecule has 1 aliphatic rings. The molecule has 0 saturated heterocycles. The van der Waals surface area contributed by atoms with Crippen LogP contribution in [0.15, 0.2) is 47.5 Å². The lowest BCUT2D eigenvalue weighted by molar-refractivity contribution is 0.415. The maximum Gasteiger partial charge on any atom is 0.118 e. The van der Waals surface area contributed by atoms with E-state index < -0.39 is 0 Å².